The second-order valence-corrected chi connectivity index (χ2v) is 6.28. The Bertz CT molecular complexity index is 439. The van der Waals surface area contributed by atoms with Crippen LogP contribution in [0.2, 0.25) is 0 Å². The molecule has 1 aromatic rings. The van der Waals surface area contributed by atoms with Crippen molar-refractivity contribution in [2.75, 3.05) is 19.7 Å². The van der Waals surface area contributed by atoms with Gasteiger partial charge in [0.2, 0.25) is 0 Å². The number of hydrogen-bond donors (Lipinski definition) is 3. The second kappa shape index (κ2) is 5.11. The lowest BCUT2D eigenvalue weighted by atomic mass is 9.75. The summed E-state index contributed by atoms with van der Waals surface area (Å²) in [5.41, 5.74) is -0.520. The highest BCUT2D eigenvalue weighted by Gasteiger charge is 2.52. The van der Waals surface area contributed by atoms with Crippen molar-refractivity contribution < 1.29 is 14.9 Å². The molecule has 2 saturated heterocycles. The van der Waals surface area contributed by atoms with Crippen LogP contribution < -0.4 is 0 Å². The predicted molar refractivity (Wildman–Crippen MR) is 73.0 cm³/mol. The van der Waals surface area contributed by atoms with Crippen molar-refractivity contribution in [1.82, 2.24) is 15.1 Å². The maximum Gasteiger partial charge on any atom is 0.111 e. The van der Waals surface area contributed by atoms with E-state index in [0.717, 1.165) is 38.2 Å². The van der Waals surface area contributed by atoms with Crippen LogP contribution in [0.25, 0.3) is 0 Å². The summed E-state index contributed by atoms with van der Waals surface area (Å²) in [7, 11) is 0. The summed E-state index contributed by atoms with van der Waals surface area (Å²) >= 11 is 0. The Balaban J connectivity index is 1.62. The van der Waals surface area contributed by atoms with Crippen molar-refractivity contribution in [3.63, 3.8) is 0 Å². The minimum absolute atomic E-state index is 0.494. The average molecular weight is 281 g/mol. The molecule has 0 amide bonds. The van der Waals surface area contributed by atoms with Gasteiger partial charge in [-0.15, -0.1) is 0 Å². The van der Waals surface area contributed by atoms with Gasteiger partial charge in [-0.3, -0.25) is 10.00 Å². The van der Waals surface area contributed by atoms with Gasteiger partial charge in [-0.05, 0) is 25.8 Å². The summed E-state index contributed by atoms with van der Waals surface area (Å²) in [5.74, 6) is 0. The van der Waals surface area contributed by atoms with Crippen LogP contribution >= 0.6 is 0 Å². The molecular weight excluding hydrogens is 258 g/mol. The minimum Gasteiger partial charge on any atom is -0.387 e. The quantitative estimate of drug-likeness (QED) is 0.725. The Morgan fingerprint density at radius 3 is 2.85 bits per heavy atom. The van der Waals surface area contributed by atoms with Gasteiger partial charge in [0.25, 0.3) is 0 Å². The summed E-state index contributed by atoms with van der Waals surface area (Å²) in [5, 5.41) is 27.6. The van der Waals surface area contributed by atoms with E-state index in [4.69, 9.17) is 4.74 Å². The van der Waals surface area contributed by atoms with Crippen molar-refractivity contribution >= 4 is 0 Å². The molecule has 3 rings (SSSR count). The van der Waals surface area contributed by atoms with Crippen LogP contribution in [0.4, 0.5) is 0 Å². The van der Waals surface area contributed by atoms with E-state index in [1.165, 1.54) is 0 Å². The molecule has 0 bridgehead atoms. The number of ether oxygens (including phenoxy) is 1. The van der Waals surface area contributed by atoms with Crippen molar-refractivity contribution in [1.29, 1.82) is 0 Å². The fraction of sp³-hybridized carbons (Fsp3) is 0.786. The lowest BCUT2D eigenvalue weighted by Gasteiger charge is -2.51. The van der Waals surface area contributed by atoms with Crippen molar-refractivity contribution in [3.05, 3.63) is 18.0 Å². The van der Waals surface area contributed by atoms with E-state index in [0.29, 0.717) is 13.0 Å². The number of aliphatic hydroxyl groups is 2. The van der Waals surface area contributed by atoms with Gasteiger partial charge in [0.1, 0.15) is 6.10 Å². The second-order valence-electron chi connectivity index (χ2n) is 6.28. The number of aliphatic hydroxyl groups excluding tert-OH is 1. The van der Waals surface area contributed by atoms with Crippen LogP contribution in [0.15, 0.2) is 12.3 Å². The third-order valence-electron chi connectivity index (χ3n) is 4.74. The number of aromatic nitrogens is 2. The van der Waals surface area contributed by atoms with E-state index >= 15 is 0 Å². The SMILES string of the molecule is C[C@@]1(O)CCOC2(CCN(Cc3ccn[nH]3)CC2)[C@H]1O. The molecule has 0 radical (unpaired) electrons. The number of nitrogens with zero attached hydrogens (tertiary/aromatic N) is 2. The van der Waals surface area contributed by atoms with Gasteiger partial charge in [-0.25, -0.2) is 0 Å². The molecule has 2 aliphatic heterocycles. The van der Waals surface area contributed by atoms with E-state index in [1.54, 1.807) is 13.1 Å². The molecule has 0 aliphatic carbocycles. The third kappa shape index (κ3) is 2.48. The Labute approximate surface area is 118 Å². The molecule has 2 atom stereocenters. The maximum atomic E-state index is 10.4. The fourth-order valence-corrected chi connectivity index (χ4v) is 3.36. The predicted octanol–water partition coefficient (Wildman–Crippen LogP) is 0.276. The van der Waals surface area contributed by atoms with Gasteiger partial charge >= 0.3 is 0 Å². The Morgan fingerprint density at radius 1 is 1.45 bits per heavy atom. The molecule has 6 heteroatoms. The molecule has 2 fully saturated rings. The number of piperidine rings is 1. The standard InChI is InChI=1S/C14H23N3O3/c1-13(19)5-9-20-14(12(13)18)3-7-17(8-4-14)10-11-2-6-15-16-11/h2,6,12,18-19H,3-5,7-10H2,1H3,(H,15,16)/t12-,13+/m0/s1. The number of rotatable bonds is 2. The summed E-state index contributed by atoms with van der Waals surface area (Å²) in [4.78, 5) is 2.32. The summed E-state index contributed by atoms with van der Waals surface area (Å²) in [6.45, 7) is 4.77. The zero-order valence-corrected chi connectivity index (χ0v) is 11.9. The lowest BCUT2D eigenvalue weighted by Crippen LogP contribution is -2.64. The first-order valence-corrected chi connectivity index (χ1v) is 7.27. The van der Waals surface area contributed by atoms with E-state index in [2.05, 4.69) is 15.1 Å². The topological polar surface area (TPSA) is 81.6 Å². The van der Waals surface area contributed by atoms with Crippen LogP contribution in [0.1, 0.15) is 31.9 Å². The zero-order chi connectivity index (χ0) is 14.2. The molecule has 0 unspecified atom stereocenters. The normalized spacial score (nSPS) is 34.5. The first kappa shape index (κ1) is 14.0. The highest BCUT2D eigenvalue weighted by molar-refractivity contribution is 5.05. The molecule has 6 nitrogen and oxygen atoms in total. The number of H-pyrrole nitrogens is 1. The van der Waals surface area contributed by atoms with E-state index in [-0.39, 0.29) is 0 Å². The summed E-state index contributed by atoms with van der Waals surface area (Å²) in [6.07, 6.45) is 2.94. The smallest absolute Gasteiger partial charge is 0.111 e. The summed E-state index contributed by atoms with van der Waals surface area (Å²) in [6, 6.07) is 1.97. The fourth-order valence-electron chi connectivity index (χ4n) is 3.36. The van der Waals surface area contributed by atoms with Gasteiger partial charge in [0.05, 0.1) is 17.8 Å². The molecule has 0 saturated carbocycles. The molecule has 112 valence electrons. The van der Waals surface area contributed by atoms with Crippen molar-refractivity contribution in [2.45, 2.75) is 50.0 Å². The average Bonchev–Trinajstić information content (AvgIpc) is 2.92. The van der Waals surface area contributed by atoms with Crippen LogP contribution in [-0.4, -0.2) is 62.3 Å². The van der Waals surface area contributed by atoms with Crippen LogP contribution in [0.5, 0.6) is 0 Å². The molecule has 1 spiro atoms. The first-order chi connectivity index (χ1) is 9.52. The van der Waals surface area contributed by atoms with E-state index in [9.17, 15) is 10.2 Å². The third-order valence-corrected chi connectivity index (χ3v) is 4.74. The molecule has 1 aromatic heterocycles. The molecule has 20 heavy (non-hydrogen) atoms. The molecule has 2 aliphatic rings. The van der Waals surface area contributed by atoms with E-state index < -0.39 is 17.3 Å². The Kier molecular flexibility index (Phi) is 3.58. The Hall–Kier alpha value is -0.950. The van der Waals surface area contributed by atoms with Crippen LogP contribution in [-0.2, 0) is 11.3 Å². The van der Waals surface area contributed by atoms with Gasteiger partial charge in [-0.1, -0.05) is 0 Å². The highest BCUT2D eigenvalue weighted by atomic mass is 16.5. The maximum absolute atomic E-state index is 10.4. The minimum atomic E-state index is -1.04. The highest BCUT2D eigenvalue weighted by Crippen LogP contribution is 2.39. The molecule has 3 heterocycles. The molecular formula is C14H23N3O3. The zero-order valence-electron chi connectivity index (χ0n) is 11.9. The van der Waals surface area contributed by atoms with Gasteiger partial charge < -0.3 is 14.9 Å². The van der Waals surface area contributed by atoms with Crippen molar-refractivity contribution in [2.24, 2.45) is 0 Å². The van der Waals surface area contributed by atoms with Gasteiger partial charge in [0, 0.05) is 37.9 Å². The number of nitrogens with one attached hydrogen (secondary N) is 1. The molecule has 0 aromatic carbocycles. The monoisotopic (exact) mass is 281 g/mol. The summed E-state index contributed by atoms with van der Waals surface area (Å²) < 4.78 is 5.88. The van der Waals surface area contributed by atoms with E-state index in [1.807, 2.05) is 6.07 Å². The largest absolute Gasteiger partial charge is 0.387 e. The van der Waals surface area contributed by atoms with Crippen LogP contribution in [0.3, 0.4) is 0 Å². The first-order valence-electron chi connectivity index (χ1n) is 7.27. The van der Waals surface area contributed by atoms with Crippen LogP contribution in [0, 0.1) is 0 Å². The number of likely N-dealkylation sites (tertiary alicyclic amines) is 1. The van der Waals surface area contributed by atoms with Gasteiger partial charge in [-0.2, -0.15) is 5.10 Å². The lowest BCUT2D eigenvalue weighted by molar-refractivity contribution is -0.246. The Morgan fingerprint density at radius 2 is 2.20 bits per heavy atom. The number of aromatic amines is 1. The number of hydrogen-bond acceptors (Lipinski definition) is 5. The molecule has 3 N–H and O–H groups in total. The van der Waals surface area contributed by atoms with Crippen molar-refractivity contribution in [3.8, 4) is 0 Å². The van der Waals surface area contributed by atoms with Gasteiger partial charge in [0.15, 0.2) is 0 Å².